The van der Waals surface area contributed by atoms with E-state index in [9.17, 15) is 4.79 Å². The van der Waals surface area contributed by atoms with Crippen LogP contribution < -0.4 is 24.4 Å². The van der Waals surface area contributed by atoms with Gasteiger partial charge in [-0.3, -0.25) is 10.2 Å². The fraction of sp³-hybridized carbons (Fsp3) is 0.286. The summed E-state index contributed by atoms with van der Waals surface area (Å²) in [6.07, 6.45) is 1.98. The van der Waals surface area contributed by atoms with Gasteiger partial charge in [0.2, 0.25) is 5.91 Å². The number of rotatable bonds is 6. The van der Waals surface area contributed by atoms with Crippen molar-refractivity contribution in [1.82, 2.24) is 10.4 Å². The van der Waals surface area contributed by atoms with Crippen LogP contribution in [-0.2, 0) is 4.79 Å². The lowest BCUT2D eigenvalue weighted by atomic mass is 10.0. The smallest absolute Gasteiger partial charge is 0.238 e. The molecule has 1 atom stereocenters. The maximum absolute atomic E-state index is 12.3. The van der Waals surface area contributed by atoms with Crippen molar-refractivity contribution < 1.29 is 23.7 Å². The average molecular weight is 384 g/mol. The van der Waals surface area contributed by atoms with Gasteiger partial charge in [0, 0.05) is 24.1 Å². The number of nitrogens with one attached hydrogen (secondary N) is 1. The summed E-state index contributed by atoms with van der Waals surface area (Å²) in [5.74, 6) is 2.46. The first-order valence-electron chi connectivity index (χ1n) is 8.75. The molecule has 0 radical (unpaired) electrons. The number of ether oxygens (including phenoxy) is 4. The Morgan fingerprint density at radius 3 is 2.21 bits per heavy atom. The molecular weight excluding hydrogens is 360 g/mol. The van der Waals surface area contributed by atoms with E-state index in [0.29, 0.717) is 23.0 Å². The highest BCUT2D eigenvalue weighted by Crippen LogP contribution is 2.39. The van der Waals surface area contributed by atoms with Gasteiger partial charge in [-0.25, -0.2) is 5.01 Å². The standard InChI is InChI=1S/C21H24N2O5/c1-13(24)23-18(16-8-7-15(25-2)11-20(16)27-4)12-17(22-23)14-6-9-19(26-3)21(10-14)28-5/h6-12,18,22H,1-5H3/t18-/m1/s1. The molecule has 0 spiro atoms. The van der Waals surface area contributed by atoms with Crippen LogP contribution in [-0.4, -0.2) is 39.4 Å². The minimum absolute atomic E-state index is 0.116. The Morgan fingerprint density at radius 2 is 1.61 bits per heavy atom. The number of methoxy groups -OCH3 is 4. The summed E-state index contributed by atoms with van der Waals surface area (Å²) in [5.41, 5.74) is 5.70. The van der Waals surface area contributed by atoms with E-state index in [4.69, 9.17) is 18.9 Å². The van der Waals surface area contributed by atoms with Crippen LogP contribution in [0.15, 0.2) is 42.5 Å². The molecule has 7 nitrogen and oxygen atoms in total. The van der Waals surface area contributed by atoms with E-state index in [-0.39, 0.29) is 11.9 Å². The van der Waals surface area contributed by atoms with E-state index < -0.39 is 0 Å². The highest BCUT2D eigenvalue weighted by Gasteiger charge is 2.31. The third-order valence-electron chi connectivity index (χ3n) is 4.64. The molecule has 0 fully saturated rings. The van der Waals surface area contributed by atoms with Gasteiger partial charge in [0.25, 0.3) is 0 Å². The van der Waals surface area contributed by atoms with Gasteiger partial charge in [-0.05, 0) is 36.4 Å². The van der Waals surface area contributed by atoms with Gasteiger partial charge >= 0.3 is 0 Å². The van der Waals surface area contributed by atoms with Crippen LogP contribution >= 0.6 is 0 Å². The molecule has 0 unspecified atom stereocenters. The molecule has 28 heavy (non-hydrogen) atoms. The second-order valence-corrected chi connectivity index (χ2v) is 6.20. The first-order chi connectivity index (χ1) is 13.5. The lowest BCUT2D eigenvalue weighted by Crippen LogP contribution is -2.38. The van der Waals surface area contributed by atoms with Gasteiger partial charge in [-0.1, -0.05) is 0 Å². The van der Waals surface area contributed by atoms with Crippen LogP contribution in [0.25, 0.3) is 5.70 Å². The number of hydrazine groups is 1. The zero-order valence-corrected chi connectivity index (χ0v) is 16.6. The summed E-state index contributed by atoms with van der Waals surface area (Å²) < 4.78 is 21.5. The van der Waals surface area contributed by atoms with E-state index in [1.165, 1.54) is 6.92 Å². The fourth-order valence-electron chi connectivity index (χ4n) is 3.20. The Bertz CT molecular complexity index is 910. The number of amides is 1. The first-order valence-corrected chi connectivity index (χ1v) is 8.75. The number of hydrogen-bond donors (Lipinski definition) is 1. The molecule has 1 aliphatic rings. The van der Waals surface area contributed by atoms with E-state index in [1.54, 1.807) is 39.5 Å². The molecule has 2 aromatic carbocycles. The third kappa shape index (κ3) is 3.55. The Hall–Kier alpha value is -3.35. The van der Waals surface area contributed by atoms with E-state index >= 15 is 0 Å². The van der Waals surface area contributed by atoms with Crippen molar-refractivity contribution in [2.75, 3.05) is 28.4 Å². The Kier molecular flexibility index (Phi) is 5.63. The molecule has 1 heterocycles. The molecule has 0 saturated heterocycles. The van der Waals surface area contributed by atoms with Crippen LogP contribution in [0, 0.1) is 0 Å². The molecule has 1 amide bonds. The molecule has 1 aliphatic heterocycles. The van der Waals surface area contributed by atoms with Gasteiger partial charge in [0.05, 0.1) is 34.1 Å². The Labute approximate surface area is 164 Å². The molecule has 0 aliphatic carbocycles. The fourth-order valence-corrected chi connectivity index (χ4v) is 3.20. The number of benzene rings is 2. The van der Waals surface area contributed by atoms with Gasteiger partial charge in [-0.2, -0.15) is 0 Å². The van der Waals surface area contributed by atoms with Gasteiger partial charge < -0.3 is 18.9 Å². The summed E-state index contributed by atoms with van der Waals surface area (Å²) >= 11 is 0. The molecule has 1 N–H and O–H groups in total. The topological polar surface area (TPSA) is 69.3 Å². The van der Waals surface area contributed by atoms with Crippen molar-refractivity contribution >= 4 is 11.6 Å². The maximum Gasteiger partial charge on any atom is 0.238 e. The third-order valence-corrected chi connectivity index (χ3v) is 4.64. The zero-order valence-electron chi connectivity index (χ0n) is 16.6. The largest absolute Gasteiger partial charge is 0.497 e. The molecule has 0 bridgehead atoms. The van der Waals surface area contributed by atoms with Gasteiger partial charge in [0.15, 0.2) is 11.5 Å². The molecule has 2 aromatic rings. The van der Waals surface area contributed by atoms with E-state index in [2.05, 4.69) is 5.43 Å². The SMILES string of the molecule is COc1ccc([C@H]2C=C(c3ccc(OC)c(OC)c3)NN2C(C)=O)c(OC)c1. The van der Waals surface area contributed by atoms with Crippen molar-refractivity contribution in [2.24, 2.45) is 0 Å². The molecule has 0 saturated carbocycles. The average Bonchev–Trinajstić information content (AvgIpc) is 3.18. The highest BCUT2D eigenvalue weighted by atomic mass is 16.5. The lowest BCUT2D eigenvalue weighted by molar-refractivity contribution is -0.132. The minimum atomic E-state index is -0.332. The van der Waals surface area contributed by atoms with E-state index in [0.717, 1.165) is 16.8 Å². The summed E-state index contributed by atoms with van der Waals surface area (Å²) in [5, 5.41) is 1.57. The molecule has 3 rings (SSSR count). The number of hydrogen-bond acceptors (Lipinski definition) is 6. The predicted octanol–water partition coefficient (Wildman–Crippen LogP) is 3.17. The van der Waals surface area contributed by atoms with Crippen LogP contribution in [0.5, 0.6) is 23.0 Å². The van der Waals surface area contributed by atoms with Crippen molar-refractivity contribution in [3.05, 3.63) is 53.6 Å². The monoisotopic (exact) mass is 384 g/mol. The number of carbonyl (C=O) groups is 1. The van der Waals surface area contributed by atoms with Crippen molar-refractivity contribution in [3.63, 3.8) is 0 Å². The van der Waals surface area contributed by atoms with Gasteiger partial charge in [-0.15, -0.1) is 0 Å². The van der Waals surface area contributed by atoms with Crippen LogP contribution in [0.1, 0.15) is 24.1 Å². The number of carbonyl (C=O) groups excluding carboxylic acids is 1. The summed E-state index contributed by atoms with van der Waals surface area (Å²) in [6.45, 7) is 1.52. The minimum Gasteiger partial charge on any atom is -0.497 e. The van der Waals surface area contributed by atoms with Crippen LogP contribution in [0.3, 0.4) is 0 Å². The molecule has 148 valence electrons. The number of nitrogens with zero attached hydrogens (tertiary/aromatic N) is 1. The molecular formula is C21H24N2O5. The predicted molar refractivity (Wildman–Crippen MR) is 105 cm³/mol. The van der Waals surface area contributed by atoms with Crippen molar-refractivity contribution in [2.45, 2.75) is 13.0 Å². The summed E-state index contributed by atoms with van der Waals surface area (Å²) in [6, 6.07) is 10.8. The summed E-state index contributed by atoms with van der Waals surface area (Å²) in [4.78, 5) is 12.3. The van der Waals surface area contributed by atoms with Crippen LogP contribution in [0.4, 0.5) is 0 Å². The normalized spacial score (nSPS) is 15.5. The zero-order chi connectivity index (χ0) is 20.3. The van der Waals surface area contributed by atoms with Crippen LogP contribution in [0.2, 0.25) is 0 Å². The van der Waals surface area contributed by atoms with Crippen molar-refractivity contribution in [1.29, 1.82) is 0 Å². The van der Waals surface area contributed by atoms with Gasteiger partial charge in [0.1, 0.15) is 17.5 Å². The maximum atomic E-state index is 12.3. The lowest BCUT2D eigenvalue weighted by Gasteiger charge is -2.25. The summed E-state index contributed by atoms with van der Waals surface area (Å²) in [7, 11) is 6.37. The molecule has 7 heteroatoms. The highest BCUT2D eigenvalue weighted by molar-refractivity contribution is 5.79. The van der Waals surface area contributed by atoms with Crippen molar-refractivity contribution in [3.8, 4) is 23.0 Å². The second-order valence-electron chi connectivity index (χ2n) is 6.20. The van der Waals surface area contributed by atoms with E-state index in [1.807, 2.05) is 36.4 Å². The quantitative estimate of drug-likeness (QED) is 0.825. The Morgan fingerprint density at radius 1 is 0.893 bits per heavy atom. The Balaban J connectivity index is 2.04. The first kappa shape index (κ1) is 19.4. The molecule has 0 aromatic heterocycles. The second kappa shape index (κ2) is 8.12.